The predicted octanol–water partition coefficient (Wildman–Crippen LogP) is -0.707. The maximum Gasteiger partial charge on any atom is 0.386 e. The first-order valence-electron chi connectivity index (χ1n) is 13.3. The number of hydrogen-bond donors (Lipinski definition) is 5. The van der Waals surface area contributed by atoms with Gasteiger partial charge in [-0.1, -0.05) is 12.2 Å². The van der Waals surface area contributed by atoms with E-state index in [4.69, 9.17) is 43.8 Å². The number of aliphatic hydroxyl groups excluding tert-OH is 1. The Bertz CT molecular complexity index is 1960. The molecule has 4 aromatic heterocycles. The second-order valence-electron chi connectivity index (χ2n) is 10.7. The van der Waals surface area contributed by atoms with Crippen molar-refractivity contribution in [1.82, 2.24) is 39.0 Å². The molecule has 4 aromatic rings. The first kappa shape index (κ1) is 29.4. The number of imidazole rings is 2. The molecule has 21 nitrogen and oxygen atoms in total. The molecule has 0 radical (unpaired) electrons. The molecule has 45 heavy (non-hydrogen) atoms. The fraction of sp³-hybridized carbons (Fsp3) is 0.524. The molecule has 4 aliphatic heterocycles. The van der Waals surface area contributed by atoms with Gasteiger partial charge in [0.25, 0.3) is 5.56 Å². The van der Waals surface area contributed by atoms with Crippen molar-refractivity contribution in [1.29, 1.82) is 0 Å². The van der Waals surface area contributed by atoms with Gasteiger partial charge in [0.15, 0.2) is 35.1 Å². The average Bonchev–Trinajstić information content (AvgIpc) is 3.80. The zero-order valence-electron chi connectivity index (χ0n) is 22.6. The highest BCUT2D eigenvalue weighted by Crippen LogP contribution is 2.59. The Morgan fingerprint density at radius 3 is 2.69 bits per heavy atom. The third-order valence-electron chi connectivity index (χ3n) is 7.99. The molecule has 0 aromatic carbocycles. The lowest BCUT2D eigenvalue weighted by molar-refractivity contribution is -0.182. The number of aromatic nitrogens is 8. The Balaban J connectivity index is 1.12. The third-order valence-corrected chi connectivity index (χ3v) is 10.4. The summed E-state index contributed by atoms with van der Waals surface area (Å²) in [4.78, 5) is 35.3. The monoisotopic (exact) mass is 686 g/mol. The number of aromatic amines is 1. The Kier molecular flexibility index (Phi) is 6.86. The molecule has 8 heterocycles. The van der Waals surface area contributed by atoms with Crippen LogP contribution in [-0.2, 0) is 41.4 Å². The zero-order chi connectivity index (χ0) is 31.2. The number of nitrogens with zero attached hydrogens (tertiary/aromatic N) is 7. The summed E-state index contributed by atoms with van der Waals surface area (Å²) in [6.07, 6.45) is -4.26. The molecule has 9 unspecified atom stereocenters. The summed E-state index contributed by atoms with van der Waals surface area (Å²) in [6, 6.07) is 0. The number of aliphatic hydroxyl groups is 1. The van der Waals surface area contributed by atoms with E-state index in [1.165, 1.54) is 23.5 Å². The van der Waals surface area contributed by atoms with Gasteiger partial charge in [-0.3, -0.25) is 32.5 Å². The van der Waals surface area contributed by atoms with Crippen LogP contribution in [0.4, 0.5) is 11.8 Å². The van der Waals surface area contributed by atoms with Crippen molar-refractivity contribution in [2.75, 3.05) is 31.3 Å². The van der Waals surface area contributed by atoms with Gasteiger partial charge in [-0.25, -0.2) is 24.5 Å². The molecule has 0 aliphatic carbocycles. The van der Waals surface area contributed by atoms with E-state index in [1.54, 1.807) is 4.57 Å². The Hall–Kier alpha value is -3.01. The van der Waals surface area contributed by atoms with Gasteiger partial charge >= 0.3 is 15.1 Å². The molecule has 10 atom stereocenters. The van der Waals surface area contributed by atoms with Gasteiger partial charge < -0.3 is 39.8 Å². The van der Waals surface area contributed by atoms with Crippen LogP contribution in [0.1, 0.15) is 12.5 Å². The number of nitrogens with two attached hydrogens (primary N) is 2. The zero-order valence-corrected chi connectivity index (χ0v) is 25.4. The number of anilines is 2. The summed E-state index contributed by atoms with van der Waals surface area (Å²) in [5, 5.41) is 11.2. The highest BCUT2D eigenvalue weighted by Gasteiger charge is 2.65. The molecule has 0 amide bonds. The van der Waals surface area contributed by atoms with Crippen molar-refractivity contribution in [2.24, 2.45) is 0 Å². The van der Waals surface area contributed by atoms with Gasteiger partial charge in [0, 0.05) is 0 Å². The number of H-pyrrole nitrogens is 1. The van der Waals surface area contributed by atoms with Crippen molar-refractivity contribution in [3.05, 3.63) is 29.3 Å². The minimum absolute atomic E-state index is 0.00288. The van der Waals surface area contributed by atoms with Crippen LogP contribution in [-0.4, -0.2) is 100 Å². The molecular weight excluding hydrogens is 662 g/mol. The van der Waals surface area contributed by atoms with Crippen molar-refractivity contribution in [3.63, 3.8) is 0 Å². The van der Waals surface area contributed by atoms with Crippen LogP contribution in [0.3, 0.4) is 0 Å². The van der Waals surface area contributed by atoms with Crippen LogP contribution in [0, 0.1) is 0 Å². The second-order valence-corrected chi connectivity index (χ2v) is 14.6. The summed E-state index contributed by atoms with van der Waals surface area (Å²) >= 11 is 4.16. The Morgan fingerprint density at radius 2 is 1.87 bits per heavy atom. The van der Waals surface area contributed by atoms with E-state index in [0.717, 1.165) is 0 Å². The molecule has 24 heteroatoms. The van der Waals surface area contributed by atoms with E-state index >= 15 is 0 Å². The van der Waals surface area contributed by atoms with E-state index in [2.05, 4.69) is 42.2 Å². The van der Waals surface area contributed by atoms with Crippen molar-refractivity contribution < 1.29 is 46.5 Å². The number of nitrogens with one attached hydrogen (secondary N) is 1. The van der Waals surface area contributed by atoms with Gasteiger partial charge in [-0.2, -0.15) is 4.98 Å². The van der Waals surface area contributed by atoms with Crippen LogP contribution in [0.15, 0.2) is 23.8 Å². The number of hydrogen-bond acceptors (Lipinski definition) is 18. The Morgan fingerprint density at radius 1 is 1.09 bits per heavy atom. The second kappa shape index (κ2) is 10.5. The molecule has 0 saturated carbocycles. The minimum Gasteiger partial charge on any atom is -0.387 e. The summed E-state index contributed by atoms with van der Waals surface area (Å²) in [6.45, 7) is -5.34. The molecule has 4 bridgehead atoms. The van der Waals surface area contributed by atoms with Crippen LogP contribution in [0.2, 0.25) is 0 Å². The summed E-state index contributed by atoms with van der Waals surface area (Å²) in [5.41, 5.74) is 10.2. The molecule has 6 N–H and O–H groups in total. The van der Waals surface area contributed by atoms with Crippen LogP contribution in [0.25, 0.3) is 22.3 Å². The van der Waals surface area contributed by atoms with E-state index in [9.17, 15) is 19.0 Å². The van der Waals surface area contributed by atoms with Gasteiger partial charge in [-0.15, -0.1) is 0 Å². The van der Waals surface area contributed by atoms with Crippen molar-refractivity contribution >= 4 is 61.4 Å². The van der Waals surface area contributed by atoms with E-state index in [1.807, 2.05) is 0 Å². The maximum absolute atomic E-state index is 13.7. The maximum atomic E-state index is 13.7. The minimum atomic E-state index is -4.33. The normalized spacial score (nSPS) is 38.6. The van der Waals surface area contributed by atoms with Crippen LogP contribution < -0.4 is 17.0 Å². The van der Waals surface area contributed by atoms with Gasteiger partial charge in [0.2, 0.25) is 5.95 Å². The first-order valence-corrected chi connectivity index (χ1v) is 17.2. The summed E-state index contributed by atoms with van der Waals surface area (Å²) in [5.74, 6) is -0.0477. The third kappa shape index (κ3) is 4.71. The summed E-state index contributed by atoms with van der Waals surface area (Å²) in [7, 11) is -3.29. The highest BCUT2D eigenvalue weighted by atomic mass is 32.7. The van der Waals surface area contributed by atoms with Crippen LogP contribution >= 0.6 is 27.3 Å². The molecule has 4 aliphatic rings. The van der Waals surface area contributed by atoms with E-state index in [-0.39, 0.29) is 29.5 Å². The fourth-order valence-electron chi connectivity index (χ4n) is 5.94. The van der Waals surface area contributed by atoms with Crippen molar-refractivity contribution in [3.8, 4) is 0 Å². The standard InChI is InChI=1S/C21H24N10O11P2S/c22-14-8-15(25-4-24-14)30(5-26-8)19-12-13-21(40-19,2-36-12)3-38-44(35,45)42-11-10(32)7(1-37-43(34)41-13)39-18(11)31-6-27-9-16(31)28-20(23)29-17(9)33/h4-7,10-13,18-19,32,43H,1-3H2,(H,35,45)(H2,22,24,25)(H3,23,28,29,33)/t7?,10?,11?,12?,13?,18?,19?,21?,44-/m1/s1. The predicted molar refractivity (Wildman–Crippen MR) is 152 cm³/mol. The van der Waals surface area contributed by atoms with E-state index in [0.29, 0.717) is 11.2 Å². The van der Waals surface area contributed by atoms with Crippen LogP contribution in [0.5, 0.6) is 0 Å². The quantitative estimate of drug-likeness (QED) is 0.129. The average molecular weight is 686 g/mol. The topological polar surface area (TPSA) is 278 Å². The highest BCUT2D eigenvalue weighted by molar-refractivity contribution is 8.44. The molecular formula is C21H24N10O11P2S. The number of nitrogen functional groups attached to an aromatic ring is 2. The number of ether oxygens (including phenoxy) is 3. The molecule has 4 fully saturated rings. The van der Waals surface area contributed by atoms with E-state index < -0.39 is 82.4 Å². The van der Waals surface area contributed by atoms with Gasteiger partial charge in [-0.05, 0) is 0 Å². The smallest absolute Gasteiger partial charge is 0.386 e. The molecule has 8 rings (SSSR count). The number of fused-ring (bicyclic) bond motifs is 4. The van der Waals surface area contributed by atoms with Crippen molar-refractivity contribution in [2.45, 2.75) is 48.6 Å². The lowest BCUT2D eigenvalue weighted by Gasteiger charge is -2.32. The lowest BCUT2D eigenvalue weighted by atomic mass is 10.0. The molecule has 0 spiro atoms. The SMILES string of the molecule is Nc1nc2c(ncn2C2OC3CO[PH](=O)OC4C5OCC4(CO[P@@](=O)(S)OC2C3O)OC5n2cnc3c(N)ncnc32)c(=O)[nH]1. The first-order chi connectivity index (χ1) is 21.5. The summed E-state index contributed by atoms with van der Waals surface area (Å²) < 4.78 is 70.9. The Labute approximate surface area is 256 Å². The largest absolute Gasteiger partial charge is 0.387 e. The van der Waals surface area contributed by atoms with Gasteiger partial charge in [0.05, 0.1) is 32.5 Å². The fourth-order valence-corrected chi connectivity index (χ4v) is 8.34. The van der Waals surface area contributed by atoms with Gasteiger partial charge in [0.1, 0.15) is 48.0 Å². The molecule has 240 valence electrons. The molecule has 4 saturated heterocycles. The lowest BCUT2D eigenvalue weighted by Crippen LogP contribution is -2.45. The number of thiol groups is 1. The number of rotatable bonds is 2.